The topological polar surface area (TPSA) is 46.2 Å². The maximum absolute atomic E-state index is 9.48. The molecule has 3 N–H and O–H groups in total. The van der Waals surface area contributed by atoms with Gasteiger partial charge in [-0.05, 0) is 55.9 Å². The number of nitrogens with two attached hydrogens (primary N) is 1. The van der Waals surface area contributed by atoms with Gasteiger partial charge in [0, 0.05) is 0 Å². The van der Waals surface area contributed by atoms with E-state index in [-0.39, 0.29) is 6.10 Å². The summed E-state index contributed by atoms with van der Waals surface area (Å²) in [6.45, 7) is 3.19. The molecular weight excluding hydrogens is 162 g/mol. The molecule has 0 aromatic rings. The number of aliphatic hydroxyl groups excluding tert-OH is 1. The predicted octanol–water partition coefficient (Wildman–Crippen LogP) is 1.67. The van der Waals surface area contributed by atoms with E-state index in [9.17, 15) is 5.11 Å². The van der Waals surface area contributed by atoms with Gasteiger partial charge in [0.15, 0.2) is 0 Å². The van der Waals surface area contributed by atoms with Crippen molar-refractivity contribution in [2.75, 3.05) is 6.54 Å². The fourth-order valence-electron chi connectivity index (χ4n) is 2.93. The highest BCUT2D eigenvalue weighted by Crippen LogP contribution is 2.63. The first-order valence-corrected chi connectivity index (χ1v) is 5.50. The average Bonchev–Trinajstić information content (AvgIpc) is 2.87. The summed E-state index contributed by atoms with van der Waals surface area (Å²) in [5.41, 5.74) is 6.81. The Kier molecular flexibility index (Phi) is 2.16. The zero-order valence-corrected chi connectivity index (χ0v) is 8.55. The van der Waals surface area contributed by atoms with E-state index in [4.69, 9.17) is 5.73 Å². The summed E-state index contributed by atoms with van der Waals surface area (Å²) >= 11 is 0. The first kappa shape index (κ1) is 9.47. The third-order valence-electron chi connectivity index (χ3n) is 4.58. The van der Waals surface area contributed by atoms with E-state index < -0.39 is 0 Å². The molecule has 0 aromatic heterocycles. The van der Waals surface area contributed by atoms with Crippen molar-refractivity contribution in [2.45, 2.75) is 51.6 Å². The third kappa shape index (κ3) is 1.40. The molecular formula is C11H21NO. The minimum atomic E-state index is -0.0537. The van der Waals surface area contributed by atoms with Crippen LogP contribution in [0.5, 0.6) is 0 Å². The monoisotopic (exact) mass is 183 g/mol. The second kappa shape index (κ2) is 2.96. The highest BCUT2D eigenvalue weighted by atomic mass is 16.3. The highest BCUT2D eigenvalue weighted by Gasteiger charge is 2.55. The molecule has 2 aliphatic carbocycles. The SMILES string of the molecule is CC1(C2(CN)CCC(O)CC2)CC1. The minimum Gasteiger partial charge on any atom is -0.393 e. The van der Waals surface area contributed by atoms with Crippen LogP contribution in [0.15, 0.2) is 0 Å². The van der Waals surface area contributed by atoms with Crippen LogP contribution in [-0.4, -0.2) is 17.8 Å². The van der Waals surface area contributed by atoms with Crippen LogP contribution in [0.3, 0.4) is 0 Å². The molecule has 2 saturated carbocycles. The van der Waals surface area contributed by atoms with Gasteiger partial charge in [-0.2, -0.15) is 0 Å². The summed E-state index contributed by atoms with van der Waals surface area (Å²) in [5, 5.41) is 9.48. The maximum Gasteiger partial charge on any atom is 0.0540 e. The molecule has 0 unspecified atom stereocenters. The molecule has 0 atom stereocenters. The molecule has 0 saturated heterocycles. The molecule has 13 heavy (non-hydrogen) atoms. The van der Waals surface area contributed by atoms with Crippen LogP contribution >= 0.6 is 0 Å². The van der Waals surface area contributed by atoms with E-state index >= 15 is 0 Å². The highest BCUT2D eigenvalue weighted by molar-refractivity contribution is 5.06. The first-order chi connectivity index (χ1) is 6.12. The Bertz CT molecular complexity index is 190. The number of aliphatic hydroxyl groups is 1. The van der Waals surface area contributed by atoms with Gasteiger partial charge in [0.2, 0.25) is 0 Å². The van der Waals surface area contributed by atoms with Gasteiger partial charge in [-0.1, -0.05) is 6.92 Å². The molecule has 2 aliphatic rings. The molecule has 0 spiro atoms. The summed E-state index contributed by atoms with van der Waals surface area (Å²) in [5.74, 6) is 0. The van der Waals surface area contributed by atoms with Crippen molar-refractivity contribution in [1.82, 2.24) is 0 Å². The van der Waals surface area contributed by atoms with Crippen LogP contribution in [0, 0.1) is 10.8 Å². The maximum atomic E-state index is 9.48. The summed E-state index contributed by atoms with van der Waals surface area (Å²) in [6, 6.07) is 0. The number of rotatable bonds is 2. The van der Waals surface area contributed by atoms with Gasteiger partial charge < -0.3 is 10.8 Å². The Morgan fingerprint density at radius 1 is 1.23 bits per heavy atom. The summed E-state index contributed by atoms with van der Waals surface area (Å²) in [4.78, 5) is 0. The predicted molar refractivity (Wildman–Crippen MR) is 53.3 cm³/mol. The van der Waals surface area contributed by atoms with Crippen molar-refractivity contribution < 1.29 is 5.11 Å². The fraction of sp³-hybridized carbons (Fsp3) is 1.00. The average molecular weight is 183 g/mol. The van der Waals surface area contributed by atoms with Crippen LogP contribution < -0.4 is 5.73 Å². The van der Waals surface area contributed by atoms with E-state index in [0.29, 0.717) is 10.8 Å². The van der Waals surface area contributed by atoms with Gasteiger partial charge in [-0.3, -0.25) is 0 Å². The summed E-state index contributed by atoms with van der Waals surface area (Å²) in [6.07, 6.45) is 6.85. The normalized spacial score (nSPS) is 43.2. The van der Waals surface area contributed by atoms with E-state index in [1.54, 1.807) is 0 Å². The van der Waals surface area contributed by atoms with Gasteiger partial charge in [0.25, 0.3) is 0 Å². The molecule has 0 heterocycles. The van der Waals surface area contributed by atoms with Gasteiger partial charge in [0.05, 0.1) is 6.10 Å². The van der Waals surface area contributed by atoms with Crippen molar-refractivity contribution in [3.63, 3.8) is 0 Å². The van der Waals surface area contributed by atoms with Crippen molar-refractivity contribution in [3.05, 3.63) is 0 Å². The lowest BCUT2D eigenvalue weighted by Crippen LogP contribution is -2.42. The molecule has 2 nitrogen and oxygen atoms in total. The van der Waals surface area contributed by atoms with E-state index in [1.165, 1.54) is 12.8 Å². The van der Waals surface area contributed by atoms with Gasteiger partial charge in [0.1, 0.15) is 0 Å². The van der Waals surface area contributed by atoms with E-state index in [1.807, 2.05) is 0 Å². The number of hydrogen-bond acceptors (Lipinski definition) is 2. The lowest BCUT2D eigenvalue weighted by molar-refractivity contribution is 0.0257. The van der Waals surface area contributed by atoms with Gasteiger partial charge in [-0.25, -0.2) is 0 Å². The fourth-order valence-corrected chi connectivity index (χ4v) is 2.93. The third-order valence-corrected chi connectivity index (χ3v) is 4.58. The summed E-state index contributed by atoms with van der Waals surface area (Å²) in [7, 11) is 0. The molecule has 0 aliphatic heterocycles. The molecule has 0 radical (unpaired) electrons. The van der Waals surface area contributed by atoms with Crippen molar-refractivity contribution in [1.29, 1.82) is 0 Å². The van der Waals surface area contributed by atoms with Gasteiger partial charge >= 0.3 is 0 Å². The lowest BCUT2D eigenvalue weighted by Gasteiger charge is -2.43. The Morgan fingerprint density at radius 2 is 1.77 bits per heavy atom. The number of hydrogen-bond donors (Lipinski definition) is 2. The largest absolute Gasteiger partial charge is 0.393 e. The lowest BCUT2D eigenvalue weighted by atomic mass is 9.64. The molecule has 76 valence electrons. The quantitative estimate of drug-likeness (QED) is 0.684. The molecule has 2 heteroatoms. The zero-order valence-electron chi connectivity index (χ0n) is 8.55. The summed E-state index contributed by atoms with van der Waals surface area (Å²) < 4.78 is 0. The Morgan fingerprint density at radius 3 is 2.15 bits per heavy atom. The van der Waals surface area contributed by atoms with E-state index in [2.05, 4.69) is 6.92 Å². The second-order valence-electron chi connectivity index (χ2n) is 5.28. The standard InChI is InChI=1S/C11H21NO/c1-10(6-7-10)11(8-12)4-2-9(13)3-5-11/h9,13H,2-8,12H2,1H3. The van der Waals surface area contributed by atoms with E-state index in [0.717, 1.165) is 32.2 Å². The molecule has 2 rings (SSSR count). The van der Waals surface area contributed by atoms with Crippen LogP contribution in [-0.2, 0) is 0 Å². The molecule has 0 amide bonds. The van der Waals surface area contributed by atoms with Crippen molar-refractivity contribution in [2.24, 2.45) is 16.6 Å². The van der Waals surface area contributed by atoms with Gasteiger partial charge in [-0.15, -0.1) is 0 Å². The van der Waals surface area contributed by atoms with Crippen molar-refractivity contribution in [3.8, 4) is 0 Å². The molecule has 0 bridgehead atoms. The Balaban J connectivity index is 2.08. The van der Waals surface area contributed by atoms with Crippen LogP contribution in [0.2, 0.25) is 0 Å². The smallest absolute Gasteiger partial charge is 0.0540 e. The Labute approximate surface area is 80.5 Å². The molecule has 0 aromatic carbocycles. The van der Waals surface area contributed by atoms with Crippen LogP contribution in [0.4, 0.5) is 0 Å². The van der Waals surface area contributed by atoms with Crippen LogP contribution in [0.1, 0.15) is 45.4 Å². The van der Waals surface area contributed by atoms with Crippen molar-refractivity contribution >= 4 is 0 Å². The van der Waals surface area contributed by atoms with Crippen LogP contribution in [0.25, 0.3) is 0 Å². The zero-order chi connectivity index (χ0) is 9.53. The molecule has 2 fully saturated rings. The second-order valence-corrected chi connectivity index (χ2v) is 5.28. The Hall–Kier alpha value is -0.0800. The first-order valence-electron chi connectivity index (χ1n) is 5.50. The minimum absolute atomic E-state index is 0.0537.